The minimum Gasteiger partial charge on any atom is -0.490 e. The van der Waals surface area contributed by atoms with Crippen molar-refractivity contribution in [3.05, 3.63) is 83.4 Å². The Hall–Kier alpha value is -3.21. The number of aryl methyl sites for hydroxylation is 1. The smallest absolute Gasteiger partial charge is 0.343 e. The second-order valence-electron chi connectivity index (χ2n) is 9.43. The van der Waals surface area contributed by atoms with Gasteiger partial charge in [0, 0.05) is 0 Å². The molecule has 0 spiro atoms. The molecular weight excluding hydrogens is 470 g/mol. The summed E-state index contributed by atoms with van der Waals surface area (Å²) in [5.74, 6) is -3.77. The molecule has 0 saturated heterocycles. The lowest BCUT2D eigenvalue weighted by Gasteiger charge is -2.11. The van der Waals surface area contributed by atoms with Crippen LogP contribution >= 0.6 is 0 Å². The first-order chi connectivity index (χ1) is 18.0. The zero-order valence-corrected chi connectivity index (χ0v) is 22.0. The average molecular weight is 509 g/mol. The van der Waals surface area contributed by atoms with Crippen LogP contribution in [0, 0.1) is 11.6 Å². The Kier molecular flexibility index (Phi) is 11.6. The molecule has 3 aromatic carbocycles. The van der Waals surface area contributed by atoms with Crippen LogP contribution < -0.4 is 9.47 Å². The molecule has 0 atom stereocenters. The number of halogens is 2. The topological polar surface area (TPSA) is 35.5 Å². The Morgan fingerprint density at radius 1 is 0.649 bits per heavy atom. The number of hydrogen-bond acceptors (Lipinski definition) is 3. The molecule has 5 heteroatoms. The van der Waals surface area contributed by atoms with Crippen molar-refractivity contribution in [2.45, 2.75) is 78.1 Å². The van der Waals surface area contributed by atoms with Crippen LogP contribution in [0.1, 0.15) is 87.6 Å². The maximum Gasteiger partial charge on any atom is 0.343 e. The van der Waals surface area contributed by atoms with Crippen LogP contribution in [0.25, 0.3) is 11.1 Å². The third-order valence-corrected chi connectivity index (χ3v) is 6.45. The van der Waals surface area contributed by atoms with Crippen molar-refractivity contribution in [3.8, 4) is 22.6 Å². The fraction of sp³-hybridized carbons (Fsp3) is 0.406. The van der Waals surface area contributed by atoms with E-state index in [0.29, 0.717) is 6.61 Å². The van der Waals surface area contributed by atoms with E-state index < -0.39 is 23.4 Å². The molecule has 0 N–H and O–H groups in total. The van der Waals surface area contributed by atoms with Gasteiger partial charge in [-0.25, -0.2) is 4.79 Å². The zero-order valence-electron chi connectivity index (χ0n) is 22.0. The summed E-state index contributed by atoms with van der Waals surface area (Å²) in [7, 11) is 0. The van der Waals surface area contributed by atoms with E-state index in [1.165, 1.54) is 43.4 Å². The number of unbranched alkanes of at least 4 members (excludes halogenated alkanes) is 7. The zero-order chi connectivity index (χ0) is 26.5. The van der Waals surface area contributed by atoms with Crippen molar-refractivity contribution >= 4 is 5.97 Å². The summed E-state index contributed by atoms with van der Waals surface area (Å²) in [6.45, 7) is 4.66. The molecule has 0 unspecified atom stereocenters. The second kappa shape index (κ2) is 15.1. The molecule has 0 aliphatic heterocycles. The molecule has 0 aliphatic rings. The Bertz CT molecular complexity index is 1110. The fourth-order valence-corrected chi connectivity index (χ4v) is 4.17. The number of hydrogen-bond donors (Lipinski definition) is 0. The van der Waals surface area contributed by atoms with E-state index in [1.807, 2.05) is 12.1 Å². The van der Waals surface area contributed by atoms with Crippen molar-refractivity contribution < 1.29 is 23.0 Å². The molecule has 0 saturated carbocycles. The molecule has 0 heterocycles. The molecule has 0 aliphatic carbocycles. The van der Waals surface area contributed by atoms with Crippen LogP contribution in [0.3, 0.4) is 0 Å². The highest BCUT2D eigenvalue weighted by Gasteiger charge is 2.19. The van der Waals surface area contributed by atoms with E-state index in [4.69, 9.17) is 9.47 Å². The van der Waals surface area contributed by atoms with Crippen LogP contribution in [-0.2, 0) is 6.42 Å². The fourth-order valence-electron chi connectivity index (χ4n) is 4.17. The number of esters is 1. The van der Waals surface area contributed by atoms with Gasteiger partial charge in [-0.3, -0.25) is 0 Å². The highest BCUT2D eigenvalue weighted by molar-refractivity contribution is 5.91. The number of carbonyl (C=O) groups is 1. The van der Waals surface area contributed by atoms with Crippen molar-refractivity contribution in [2.75, 3.05) is 6.61 Å². The maximum absolute atomic E-state index is 14.5. The Morgan fingerprint density at radius 2 is 1.19 bits per heavy atom. The third kappa shape index (κ3) is 8.70. The summed E-state index contributed by atoms with van der Waals surface area (Å²) in [5.41, 5.74) is 3.58. The molecule has 0 bridgehead atoms. The monoisotopic (exact) mass is 508 g/mol. The number of benzene rings is 3. The number of rotatable bonds is 15. The molecular formula is C32H38F2O3. The summed E-state index contributed by atoms with van der Waals surface area (Å²) in [5, 5.41) is 0. The highest BCUT2D eigenvalue weighted by atomic mass is 19.2. The van der Waals surface area contributed by atoms with Crippen molar-refractivity contribution in [3.63, 3.8) is 0 Å². The van der Waals surface area contributed by atoms with Gasteiger partial charge < -0.3 is 9.47 Å². The summed E-state index contributed by atoms with van der Waals surface area (Å²) >= 11 is 0. The number of carbonyl (C=O) groups excluding carboxylic acids is 1. The van der Waals surface area contributed by atoms with Gasteiger partial charge in [0.05, 0.1) is 12.2 Å². The van der Waals surface area contributed by atoms with Crippen molar-refractivity contribution in [1.82, 2.24) is 0 Å². The standard InChI is InChI=1S/C32H38F2O3/c1-3-5-7-9-11-23-36-28-21-22-29(31(34)30(28)33)37-32(35)27-19-17-26(18-20-27)25-15-13-24(14-16-25)12-10-8-6-4-2/h13-22H,3-12,23H2,1-2H3. The lowest BCUT2D eigenvalue weighted by atomic mass is 10.0. The van der Waals surface area contributed by atoms with Crippen LogP contribution in [0.4, 0.5) is 8.78 Å². The quantitative estimate of drug-likeness (QED) is 0.117. The molecule has 37 heavy (non-hydrogen) atoms. The SMILES string of the molecule is CCCCCCCOc1ccc(OC(=O)c2ccc(-c3ccc(CCCCCC)cc3)cc2)c(F)c1F. The first-order valence-corrected chi connectivity index (χ1v) is 13.6. The minimum absolute atomic E-state index is 0.177. The van der Waals surface area contributed by atoms with Gasteiger partial charge in [0.25, 0.3) is 0 Å². The van der Waals surface area contributed by atoms with Crippen LogP contribution in [0.15, 0.2) is 60.7 Å². The Balaban J connectivity index is 1.55. The first kappa shape index (κ1) is 28.4. The van der Waals surface area contributed by atoms with Gasteiger partial charge in [-0.15, -0.1) is 0 Å². The Morgan fingerprint density at radius 3 is 1.84 bits per heavy atom. The molecule has 0 fully saturated rings. The predicted octanol–water partition coefficient (Wildman–Crippen LogP) is 9.32. The molecule has 3 nitrogen and oxygen atoms in total. The molecule has 0 amide bonds. The largest absolute Gasteiger partial charge is 0.490 e. The van der Waals surface area contributed by atoms with Crippen LogP contribution in [0.5, 0.6) is 11.5 Å². The summed E-state index contributed by atoms with van der Waals surface area (Å²) in [4.78, 5) is 12.6. The van der Waals surface area contributed by atoms with E-state index in [0.717, 1.165) is 49.7 Å². The van der Waals surface area contributed by atoms with Gasteiger partial charge in [0.2, 0.25) is 11.6 Å². The van der Waals surface area contributed by atoms with Gasteiger partial charge in [0.1, 0.15) is 0 Å². The number of ether oxygens (including phenoxy) is 2. The summed E-state index contributed by atoms with van der Waals surface area (Å²) < 4.78 is 39.5. The molecule has 3 aromatic rings. The Labute approximate surface area is 219 Å². The van der Waals surface area contributed by atoms with E-state index in [-0.39, 0.29) is 11.3 Å². The molecule has 3 rings (SSSR count). The molecule has 0 radical (unpaired) electrons. The first-order valence-electron chi connectivity index (χ1n) is 13.6. The maximum atomic E-state index is 14.5. The van der Waals surface area contributed by atoms with Gasteiger partial charge in [-0.1, -0.05) is 95.2 Å². The molecule has 0 aromatic heterocycles. The van der Waals surface area contributed by atoms with E-state index in [2.05, 4.69) is 38.1 Å². The predicted molar refractivity (Wildman–Crippen MR) is 145 cm³/mol. The van der Waals surface area contributed by atoms with Gasteiger partial charge in [-0.2, -0.15) is 8.78 Å². The molecule has 198 valence electrons. The average Bonchev–Trinajstić information content (AvgIpc) is 2.92. The second-order valence-corrected chi connectivity index (χ2v) is 9.43. The highest BCUT2D eigenvalue weighted by Crippen LogP contribution is 2.29. The van der Waals surface area contributed by atoms with Crippen molar-refractivity contribution in [1.29, 1.82) is 0 Å². The van der Waals surface area contributed by atoms with E-state index >= 15 is 0 Å². The van der Waals surface area contributed by atoms with Gasteiger partial charge >= 0.3 is 5.97 Å². The third-order valence-electron chi connectivity index (χ3n) is 6.45. The van der Waals surface area contributed by atoms with Crippen molar-refractivity contribution in [2.24, 2.45) is 0 Å². The van der Waals surface area contributed by atoms with Crippen LogP contribution in [0.2, 0.25) is 0 Å². The normalized spacial score (nSPS) is 10.9. The lowest BCUT2D eigenvalue weighted by Crippen LogP contribution is -2.10. The van der Waals surface area contributed by atoms with Gasteiger partial charge in [-0.05, 0) is 60.2 Å². The van der Waals surface area contributed by atoms with E-state index in [1.54, 1.807) is 12.1 Å². The summed E-state index contributed by atoms with van der Waals surface area (Å²) in [6, 6.07) is 17.8. The van der Waals surface area contributed by atoms with E-state index in [9.17, 15) is 13.6 Å². The van der Waals surface area contributed by atoms with Gasteiger partial charge in [0.15, 0.2) is 11.5 Å². The minimum atomic E-state index is -1.23. The van der Waals surface area contributed by atoms with Crippen LogP contribution in [-0.4, -0.2) is 12.6 Å². The lowest BCUT2D eigenvalue weighted by molar-refractivity contribution is 0.0726. The summed E-state index contributed by atoms with van der Waals surface area (Å²) in [6.07, 6.45) is 11.2.